The average molecular weight is 342 g/mol. The first-order valence-electron chi connectivity index (χ1n) is 7.89. The lowest BCUT2D eigenvalue weighted by atomic mass is 10.1. The van der Waals surface area contributed by atoms with Gasteiger partial charge in [-0.1, -0.05) is 41.9 Å². The lowest BCUT2D eigenvalue weighted by Crippen LogP contribution is -2.35. The first-order valence-corrected chi connectivity index (χ1v) is 8.27. The number of likely N-dealkylation sites (N-methyl/N-ethyl adjacent to an activating group) is 1. The highest BCUT2D eigenvalue weighted by atomic mass is 35.5. The second-order valence-electron chi connectivity index (χ2n) is 6.19. The van der Waals surface area contributed by atoms with Crippen molar-refractivity contribution in [3.63, 3.8) is 0 Å². The van der Waals surface area contributed by atoms with Gasteiger partial charge in [-0.3, -0.25) is 9.36 Å². The topological polar surface area (TPSA) is 38.1 Å². The maximum Gasteiger partial charge on any atom is 0.261 e. The molecule has 1 heterocycles. The molecule has 5 heteroatoms. The van der Waals surface area contributed by atoms with Crippen molar-refractivity contribution in [3.05, 3.63) is 63.9 Å². The smallest absolute Gasteiger partial charge is 0.261 e. The third-order valence-corrected chi connectivity index (χ3v) is 4.51. The average Bonchev–Trinajstić information content (AvgIpc) is 2.58. The molecule has 0 radical (unpaired) electrons. The summed E-state index contributed by atoms with van der Waals surface area (Å²) in [6.45, 7) is 2.65. The molecule has 3 rings (SSSR count). The van der Waals surface area contributed by atoms with Crippen LogP contribution in [-0.2, 0) is 6.54 Å². The van der Waals surface area contributed by atoms with Gasteiger partial charge in [0.2, 0.25) is 0 Å². The zero-order valence-electron chi connectivity index (χ0n) is 14.0. The molecule has 1 aromatic heterocycles. The van der Waals surface area contributed by atoms with Crippen LogP contribution in [-0.4, -0.2) is 34.6 Å². The standard InChI is InChI=1S/C19H20ClN3O/c1-13(22(2)3)12-23-18(14-7-5-4-6-8-14)21-17-10-9-15(20)11-16(17)19(23)24/h4-11,13H,12H2,1-3H3. The van der Waals surface area contributed by atoms with Gasteiger partial charge in [0.1, 0.15) is 5.82 Å². The van der Waals surface area contributed by atoms with Crippen LogP contribution in [0.1, 0.15) is 6.92 Å². The number of benzene rings is 2. The predicted molar refractivity (Wildman–Crippen MR) is 99.6 cm³/mol. The number of aromatic nitrogens is 2. The molecule has 124 valence electrons. The molecule has 1 atom stereocenters. The van der Waals surface area contributed by atoms with Crippen LogP contribution in [0.15, 0.2) is 53.3 Å². The van der Waals surface area contributed by atoms with Crippen LogP contribution < -0.4 is 5.56 Å². The van der Waals surface area contributed by atoms with E-state index in [0.29, 0.717) is 28.3 Å². The fourth-order valence-electron chi connectivity index (χ4n) is 2.60. The van der Waals surface area contributed by atoms with E-state index in [1.54, 1.807) is 22.8 Å². The van der Waals surface area contributed by atoms with E-state index >= 15 is 0 Å². The summed E-state index contributed by atoms with van der Waals surface area (Å²) < 4.78 is 1.75. The molecule has 2 aromatic carbocycles. The van der Waals surface area contributed by atoms with Gasteiger partial charge in [-0.15, -0.1) is 0 Å². The highest BCUT2D eigenvalue weighted by Crippen LogP contribution is 2.21. The lowest BCUT2D eigenvalue weighted by Gasteiger charge is -2.22. The van der Waals surface area contributed by atoms with Gasteiger partial charge in [-0.2, -0.15) is 0 Å². The Morgan fingerprint density at radius 2 is 1.88 bits per heavy atom. The van der Waals surface area contributed by atoms with Gasteiger partial charge < -0.3 is 4.90 Å². The Balaban J connectivity index is 2.28. The van der Waals surface area contributed by atoms with Crippen molar-refractivity contribution in [3.8, 4) is 11.4 Å². The largest absolute Gasteiger partial charge is 0.305 e. The van der Waals surface area contributed by atoms with E-state index in [0.717, 1.165) is 5.56 Å². The van der Waals surface area contributed by atoms with E-state index in [9.17, 15) is 4.79 Å². The summed E-state index contributed by atoms with van der Waals surface area (Å²) in [5.41, 5.74) is 1.53. The maximum atomic E-state index is 13.1. The summed E-state index contributed by atoms with van der Waals surface area (Å²) in [5, 5.41) is 1.09. The van der Waals surface area contributed by atoms with Gasteiger partial charge in [0.25, 0.3) is 5.56 Å². The Morgan fingerprint density at radius 3 is 2.54 bits per heavy atom. The van der Waals surface area contributed by atoms with Crippen molar-refractivity contribution >= 4 is 22.5 Å². The molecule has 0 aliphatic carbocycles. The number of hydrogen-bond acceptors (Lipinski definition) is 3. The third-order valence-electron chi connectivity index (χ3n) is 4.28. The molecule has 0 saturated carbocycles. The van der Waals surface area contributed by atoms with Gasteiger partial charge in [-0.05, 0) is 39.2 Å². The second kappa shape index (κ2) is 6.75. The Labute approximate surface area is 146 Å². The predicted octanol–water partition coefficient (Wildman–Crippen LogP) is 3.67. The van der Waals surface area contributed by atoms with Crippen LogP contribution >= 0.6 is 11.6 Å². The molecular weight excluding hydrogens is 322 g/mol. The fourth-order valence-corrected chi connectivity index (χ4v) is 2.77. The summed E-state index contributed by atoms with van der Waals surface area (Å²) in [7, 11) is 4.01. The van der Waals surface area contributed by atoms with Crippen LogP contribution in [0.4, 0.5) is 0 Å². The van der Waals surface area contributed by atoms with Crippen LogP contribution in [0.2, 0.25) is 5.02 Å². The van der Waals surface area contributed by atoms with E-state index in [-0.39, 0.29) is 11.6 Å². The molecule has 0 fully saturated rings. The second-order valence-corrected chi connectivity index (χ2v) is 6.63. The molecular formula is C19H20ClN3O. The molecule has 0 amide bonds. The molecule has 0 spiro atoms. The number of nitrogens with zero attached hydrogens (tertiary/aromatic N) is 3. The highest BCUT2D eigenvalue weighted by Gasteiger charge is 2.16. The van der Waals surface area contributed by atoms with Crippen LogP contribution in [0.5, 0.6) is 0 Å². The van der Waals surface area contributed by atoms with Gasteiger partial charge in [0.15, 0.2) is 0 Å². The number of hydrogen-bond donors (Lipinski definition) is 0. The summed E-state index contributed by atoms with van der Waals surface area (Å²) in [5.74, 6) is 0.684. The molecule has 1 unspecified atom stereocenters. The molecule has 0 aliphatic rings. The molecule has 0 saturated heterocycles. The van der Waals surface area contributed by atoms with Crippen molar-refractivity contribution < 1.29 is 0 Å². The summed E-state index contributed by atoms with van der Waals surface area (Å²) >= 11 is 6.07. The van der Waals surface area contributed by atoms with Crippen molar-refractivity contribution in [2.24, 2.45) is 0 Å². The minimum Gasteiger partial charge on any atom is -0.305 e. The summed E-state index contributed by atoms with van der Waals surface area (Å²) in [6.07, 6.45) is 0. The molecule has 24 heavy (non-hydrogen) atoms. The SMILES string of the molecule is CC(Cn1c(-c2ccccc2)nc2ccc(Cl)cc2c1=O)N(C)C. The number of fused-ring (bicyclic) bond motifs is 1. The Hall–Kier alpha value is -2.17. The molecule has 4 nitrogen and oxygen atoms in total. The highest BCUT2D eigenvalue weighted by molar-refractivity contribution is 6.31. The number of halogens is 1. The van der Waals surface area contributed by atoms with Crippen LogP contribution in [0.3, 0.4) is 0 Å². The van der Waals surface area contributed by atoms with Crippen LogP contribution in [0.25, 0.3) is 22.3 Å². The Kier molecular flexibility index (Phi) is 4.69. The third kappa shape index (κ3) is 3.21. The Bertz CT molecular complexity index is 919. The normalized spacial score (nSPS) is 12.7. The van der Waals surface area contributed by atoms with Gasteiger partial charge in [-0.25, -0.2) is 4.98 Å². The van der Waals surface area contributed by atoms with Gasteiger partial charge >= 0.3 is 0 Å². The fraction of sp³-hybridized carbons (Fsp3) is 0.263. The monoisotopic (exact) mass is 341 g/mol. The van der Waals surface area contributed by atoms with Gasteiger partial charge in [0.05, 0.1) is 10.9 Å². The van der Waals surface area contributed by atoms with E-state index < -0.39 is 0 Å². The maximum absolute atomic E-state index is 13.1. The first-order chi connectivity index (χ1) is 11.5. The van der Waals surface area contributed by atoms with Crippen molar-refractivity contribution in [1.29, 1.82) is 0 Å². The molecule has 0 aliphatic heterocycles. The van der Waals surface area contributed by atoms with E-state index in [2.05, 4.69) is 11.8 Å². The summed E-state index contributed by atoms with van der Waals surface area (Å²) in [6, 6.07) is 15.3. The minimum atomic E-state index is -0.0601. The molecule has 0 N–H and O–H groups in total. The Morgan fingerprint density at radius 1 is 1.17 bits per heavy atom. The van der Waals surface area contributed by atoms with Gasteiger partial charge in [0, 0.05) is 23.2 Å². The quantitative estimate of drug-likeness (QED) is 0.726. The van der Waals surface area contributed by atoms with Crippen LogP contribution in [0, 0.1) is 0 Å². The lowest BCUT2D eigenvalue weighted by molar-refractivity contribution is 0.282. The van der Waals surface area contributed by atoms with E-state index in [1.165, 1.54) is 0 Å². The van der Waals surface area contributed by atoms with Crippen molar-refractivity contribution in [2.45, 2.75) is 19.5 Å². The van der Waals surface area contributed by atoms with Crippen molar-refractivity contribution in [2.75, 3.05) is 14.1 Å². The minimum absolute atomic E-state index is 0.0601. The number of rotatable bonds is 4. The first kappa shape index (κ1) is 16.7. The zero-order valence-corrected chi connectivity index (χ0v) is 14.8. The molecule has 3 aromatic rings. The van der Waals surface area contributed by atoms with Crippen molar-refractivity contribution in [1.82, 2.24) is 14.5 Å². The molecule has 0 bridgehead atoms. The van der Waals surface area contributed by atoms with E-state index in [4.69, 9.17) is 16.6 Å². The van der Waals surface area contributed by atoms with E-state index in [1.807, 2.05) is 44.4 Å². The summed E-state index contributed by atoms with van der Waals surface area (Å²) in [4.78, 5) is 19.9. The zero-order chi connectivity index (χ0) is 17.3.